The summed E-state index contributed by atoms with van der Waals surface area (Å²) in [6.45, 7) is 1.60. The van der Waals surface area contributed by atoms with Crippen molar-refractivity contribution in [3.63, 3.8) is 0 Å². The fourth-order valence-electron chi connectivity index (χ4n) is 2.06. The molecule has 0 saturated carbocycles. The van der Waals surface area contributed by atoms with Gasteiger partial charge in [-0.2, -0.15) is 5.21 Å². The number of piperidine rings is 1. The molecule has 0 unspecified atom stereocenters. The standard InChI is InChI=1S/C11H18N6O4/c18-10(19)3-6-21-8-1-4-17(5-2-8)11(20)12-7-9-13-15-16-14-9/h8H,1-7H2,(H,12,20)(H,18,19)(H,13,14,15,16). The van der Waals surface area contributed by atoms with Crippen molar-refractivity contribution >= 4 is 12.0 Å². The lowest BCUT2D eigenvalue weighted by Crippen LogP contribution is -2.45. The summed E-state index contributed by atoms with van der Waals surface area (Å²) in [7, 11) is 0. The number of urea groups is 1. The van der Waals surface area contributed by atoms with Crippen LogP contribution in [0, 0.1) is 0 Å². The average molecular weight is 298 g/mol. The van der Waals surface area contributed by atoms with Crippen molar-refractivity contribution in [2.45, 2.75) is 31.9 Å². The van der Waals surface area contributed by atoms with Crippen LogP contribution >= 0.6 is 0 Å². The van der Waals surface area contributed by atoms with Crippen molar-refractivity contribution in [3.8, 4) is 0 Å². The minimum atomic E-state index is -0.867. The molecule has 2 heterocycles. The molecule has 21 heavy (non-hydrogen) atoms. The molecule has 0 spiro atoms. The SMILES string of the molecule is O=C(O)CCOC1CCN(C(=O)NCc2nn[nH]n2)CC1. The number of carbonyl (C=O) groups is 2. The lowest BCUT2D eigenvalue weighted by atomic mass is 10.1. The number of hydrogen-bond donors (Lipinski definition) is 3. The molecule has 1 fully saturated rings. The normalized spacial score (nSPS) is 15.9. The summed E-state index contributed by atoms with van der Waals surface area (Å²) >= 11 is 0. The molecular formula is C11H18N6O4. The van der Waals surface area contributed by atoms with Crippen LogP contribution in [0.2, 0.25) is 0 Å². The van der Waals surface area contributed by atoms with Gasteiger partial charge in [-0.15, -0.1) is 10.2 Å². The summed E-state index contributed by atoms with van der Waals surface area (Å²) in [6, 6.07) is -0.177. The molecule has 10 heteroatoms. The van der Waals surface area contributed by atoms with Crippen molar-refractivity contribution in [1.82, 2.24) is 30.8 Å². The van der Waals surface area contributed by atoms with E-state index in [2.05, 4.69) is 25.9 Å². The van der Waals surface area contributed by atoms with Crippen molar-refractivity contribution in [3.05, 3.63) is 5.82 Å². The van der Waals surface area contributed by atoms with E-state index in [1.165, 1.54) is 0 Å². The molecule has 1 aromatic heterocycles. The van der Waals surface area contributed by atoms with Crippen molar-refractivity contribution in [1.29, 1.82) is 0 Å². The minimum Gasteiger partial charge on any atom is -0.481 e. The second-order valence-corrected chi connectivity index (χ2v) is 4.69. The molecule has 2 amide bonds. The monoisotopic (exact) mass is 298 g/mol. The highest BCUT2D eigenvalue weighted by atomic mass is 16.5. The predicted octanol–water partition coefficient (Wildman–Crippen LogP) is -0.635. The van der Waals surface area contributed by atoms with Gasteiger partial charge in [0.15, 0.2) is 5.82 Å². The Morgan fingerprint density at radius 3 is 2.81 bits per heavy atom. The highest BCUT2D eigenvalue weighted by Crippen LogP contribution is 2.14. The fourth-order valence-corrected chi connectivity index (χ4v) is 2.06. The number of H-pyrrole nitrogens is 1. The Balaban J connectivity index is 1.63. The number of aliphatic carboxylic acids is 1. The zero-order valence-corrected chi connectivity index (χ0v) is 11.5. The summed E-state index contributed by atoms with van der Waals surface area (Å²) in [5.41, 5.74) is 0. The van der Waals surface area contributed by atoms with Crippen molar-refractivity contribution in [2.75, 3.05) is 19.7 Å². The van der Waals surface area contributed by atoms with Crippen LogP contribution in [0.3, 0.4) is 0 Å². The molecule has 0 aliphatic carbocycles. The molecule has 116 valence electrons. The number of carboxylic acid groups (broad SMARTS) is 1. The van der Waals surface area contributed by atoms with Gasteiger partial charge in [0.2, 0.25) is 0 Å². The maximum absolute atomic E-state index is 11.9. The second kappa shape index (κ2) is 7.53. The Bertz CT molecular complexity index is 457. The topological polar surface area (TPSA) is 133 Å². The molecule has 0 radical (unpaired) electrons. The van der Waals surface area contributed by atoms with E-state index >= 15 is 0 Å². The summed E-state index contributed by atoms with van der Waals surface area (Å²) in [6.07, 6.45) is 1.43. The molecule has 1 saturated heterocycles. The fraction of sp³-hybridized carbons (Fsp3) is 0.727. The molecule has 0 bridgehead atoms. The van der Waals surface area contributed by atoms with Gasteiger partial charge in [-0.05, 0) is 12.8 Å². The molecule has 0 atom stereocenters. The van der Waals surface area contributed by atoms with Gasteiger partial charge < -0.3 is 20.1 Å². The highest BCUT2D eigenvalue weighted by molar-refractivity contribution is 5.74. The van der Waals surface area contributed by atoms with Crippen LogP contribution in [-0.4, -0.2) is 68.4 Å². The van der Waals surface area contributed by atoms with Crippen LogP contribution in [0.1, 0.15) is 25.1 Å². The van der Waals surface area contributed by atoms with Crippen molar-refractivity contribution in [2.24, 2.45) is 0 Å². The van der Waals surface area contributed by atoms with Crippen LogP contribution in [-0.2, 0) is 16.1 Å². The van der Waals surface area contributed by atoms with E-state index in [1.54, 1.807) is 4.90 Å². The van der Waals surface area contributed by atoms with E-state index in [9.17, 15) is 9.59 Å². The lowest BCUT2D eigenvalue weighted by molar-refractivity contribution is -0.138. The number of nitrogens with zero attached hydrogens (tertiary/aromatic N) is 4. The first-order valence-corrected chi connectivity index (χ1v) is 6.73. The molecule has 2 rings (SSSR count). The number of nitrogens with one attached hydrogen (secondary N) is 2. The Morgan fingerprint density at radius 2 is 2.19 bits per heavy atom. The summed E-state index contributed by atoms with van der Waals surface area (Å²) < 4.78 is 5.47. The number of amides is 2. The number of carbonyl (C=O) groups excluding carboxylic acids is 1. The molecule has 10 nitrogen and oxygen atoms in total. The molecule has 1 aromatic rings. The first kappa shape index (κ1) is 15.2. The van der Waals surface area contributed by atoms with E-state index in [-0.39, 0.29) is 31.7 Å². The first-order valence-electron chi connectivity index (χ1n) is 6.73. The third-order valence-electron chi connectivity index (χ3n) is 3.19. The molecule has 3 N–H and O–H groups in total. The Kier molecular flexibility index (Phi) is 5.43. The van der Waals surface area contributed by atoms with Gasteiger partial charge in [-0.25, -0.2) is 4.79 Å². The third-order valence-corrected chi connectivity index (χ3v) is 3.19. The highest BCUT2D eigenvalue weighted by Gasteiger charge is 2.23. The minimum absolute atomic E-state index is 0.00536. The van der Waals surface area contributed by atoms with Crippen LogP contribution in [0.15, 0.2) is 0 Å². The summed E-state index contributed by atoms with van der Waals surface area (Å²) in [4.78, 5) is 24.0. The van der Waals surface area contributed by atoms with E-state index in [0.717, 1.165) is 0 Å². The number of carboxylic acids is 1. The lowest BCUT2D eigenvalue weighted by Gasteiger charge is -2.31. The van der Waals surface area contributed by atoms with E-state index < -0.39 is 5.97 Å². The Hall–Kier alpha value is -2.23. The number of rotatable bonds is 6. The Morgan fingerprint density at radius 1 is 1.43 bits per heavy atom. The molecule has 0 aromatic carbocycles. The van der Waals surface area contributed by atoms with E-state index in [4.69, 9.17) is 9.84 Å². The maximum Gasteiger partial charge on any atom is 0.317 e. The number of aromatic nitrogens is 4. The average Bonchev–Trinajstić information content (AvgIpc) is 2.98. The predicted molar refractivity (Wildman–Crippen MR) is 69.2 cm³/mol. The smallest absolute Gasteiger partial charge is 0.317 e. The Labute approximate surface area is 120 Å². The molecule has 1 aliphatic heterocycles. The van der Waals surface area contributed by atoms with Gasteiger partial charge in [0, 0.05) is 13.1 Å². The van der Waals surface area contributed by atoms with Crippen LogP contribution in [0.5, 0.6) is 0 Å². The maximum atomic E-state index is 11.9. The third kappa shape index (κ3) is 4.99. The molecular weight excluding hydrogens is 280 g/mol. The first-order chi connectivity index (χ1) is 10.1. The van der Waals surface area contributed by atoms with Gasteiger partial charge in [0.05, 0.1) is 25.7 Å². The zero-order valence-electron chi connectivity index (χ0n) is 11.5. The summed E-state index contributed by atoms with van der Waals surface area (Å²) in [5, 5.41) is 24.5. The molecule has 1 aliphatic rings. The summed E-state index contributed by atoms with van der Waals surface area (Å²) in [5.74, 6) is -0.441. The quantitative estimate of drug-likeness (QED) is 0.636. The second-order valence-electron chi connectivity index (χ2n) is 4.69. The van der Waals surface area contributed by atoms with Gasteiger partial charge in [-0.3, -0.25) is 4.79 Å². The van der Waals surface area contributed by atoms with E-state index in [1.807, 2.05) is 0 Å². The zero-order chi connectivity index (χ0) is 15.1. The number of hydrogen-bond acceptors (Lipinski definition) is 6. The van der Waals surface area contributed by atoms with Crippen molar-refractivity contribution < 1.29 is 19.4 Å². The van der Waals surface area contributed by atoms with Crippen LogP contribution < -0.4 is 5.32 Å². The van der Waals surface area contributed by atoms with Gasteiger partial charge in [0.25, 0.3) is 0 Å². The van der Waals surface area contributed by atoms with Gasteiger partial charge >= 0.3 is 12.0 Å². The van der Waals surface area contributed by atoms with Gasteiger partial charge in [0.1, 0.15) is 0 Å². The largest absolute Gasteiger partial charge is 0.481 e. The van der Waals surface area contributed by atoms with Crippen LogP contribution in [0.25, 0.3) is 0 Å². The number of likely N-dealkylation sites (tertiary alicyclic amines) is 1. The number of aromatic amines is 1. The van der Waals surface area contributed by atoms with Gasteiger partial charge in [-0.1, -0.05) is 5.21 Å². The van der Waals surface area contributed by atoms with Crippen LogP contribution in [0.4, 0.5) is 4.79 Å². The number of ether oxygens (including phenoxy) is 1. The number of tetrazole rings is 1. The van der Waals surface area contributed by atoms with E-state index in [0.29, 0.717) is 31.8 Å².